The van der Waals surface area contributed by atoms with Gasteiger partial charge in [-0.25, -0.2) is 0 Å². The number of ether oxygens (including phenoxy) is 2. The van der Waals surface area contributed by atoms with E-state index in [4.69, 9.17) is 10.8 Å². The topological polar surface area (TPSA) is 66.2 Å². The average Bonchev–Trinajstić information content (AvgIpc) is 2.11. The lowest BCUT2D eigenvalue weighted by atomic mass is 10.8. The third-order valence-electron chi connectivity index (χ3n) is 0.956. The van der Waals surface area contributed by atoms with Gasteiger partial charge >= 0.3 is 0 Å². The lowest BCUT2D eigenvalue weighted by Crippen LogP contribution is -2.03. The molecule has 0 aromatic heterocycles. The van der Waals surface area contributed by atoms with Gasteiger partial charge in [-0.3, -0.25) is 10.8 Å². The Morgan fingerprint density at radius 3 is 1.58 bits per heavy atom. The smallest absolute Gasteiger partial charge is 0.191 e. The van der Waals surface area contributed by atoms with E-state index in [0.29, 0.717) is 11.5 Å². The van der Waals surface area contributed by atoms with Gasteiger partial charge in [-0.2, -0.15) is 0 Å². The van der Waals surface area contributed by atoms with E-state index in [1.165, 1.54) is 35.8 Å². The van der Waals surface area contributed by atoms with Gasteiger partial charge in [0.1, 0.15) is 0 Å². The van der Waals surface area contributed by atoms with Crippen LogP contribution >= 0.6 is 21.6 Å². The Bertz CT molecular complexity index is 146. The molecule has 0 bridgehead atoms. The minimum atomic E-state index is 0.247. The second kappa shape index (κ2) is 7.30. The van der Waals surface area contributed by atoms with Crippen LogP contribution in [0.15, 0.2) is 0 Å². The van der Waals surface area contributed by atoms with Gasteiger partial charge < -0.3 is 9.47 Å². The minimum Gasteiger partial charge on any atom is -0.484 e. The van der Waals surface area contributed by atoms with Crippen molar-refractivity contribution in [3.05, 3.63) is 0 Å². The largest absolute Gasteiger partial charge is 0.484 e. The molecule has 0 aliphatic carbocycles. The third kappa shape index (κ3) is 6.36. The predicted octanol–water partition coefficient (Wildman–Crippen LogP) is 1.62. The van der Waals surface area contributed by atoms with E-state index in [1.807, 2.05) is 0 Å². The van der Waals surface area contributed by atoms with E-state index < -0.39 is 0 Å². The fraction of sp³-hybridized carbons (Fsp3) is 0.667. The first-order valence-electron chi connectivity index (χ1n) is 3.18. The molecular formula is C6H12N2O2S2. The van der Waals surface area contributed by atoms with Gasteiger partial charge in [0.2, 0.25) is 0 Å². The first-order valence-corrected chi connectivity index (χ1v) is 5.66. The van der Waals surface area contributed by atoms with Crippen LogP contribution in [-0.2, 0) is 9.47 Å². The summed E-state index contributed by atoms with van der Waals surface area (Å²) >= 11 is 0. The second-order valence-corrected chi connectivity index (χ2v) is 4.24. The Labute approximate surface area is 79.8 Å². The monoisotopic (exact) mass is 208 g/mol. The molecule has 70 valence electrons. The van der Waals surface area contributed by atoms with Gasteiger partial charge in [0.15, 0.2) is 11.8 Å². The highest BCUT2D eigenvalue weighted by atomic mass is 33.1. The Hall–Kier alpha value is -0.360. The van der Waals surface area contributed by atoms with E-state index in [1.54, 1.807) is 0 Å². The SMILES string of the molecule is COC(=N)CSSCC(=N)OC. The van der Waals surface area contributed by atoms with E-state index in [2.05, 4.69) is 9.47 Å². The first-order chi connectivity index (χ1) is 5.70. The van der Waals surface area contributed by atoms with E-state index in [9.17, 15) is 0 Å². The van der Waals surface area contributed by atoms with Crippen LogP contribution < -0.4 is 0 Å². The molecule has 0 aliphatic heterocycles. The number of hydrogen-bond acceptors (Lipinski definition) is 6. The van der Waals surface area contributed by atoms with Crippen LogP contribution in [-0.4, -0.2) is 37.5 Å². The molecule has 2 N–H and O–H groups in total. The molecule has 0 aromatic rings. The van der Waals surface area contributed by atoms with Gasteiger partial charge in [0.25, 0.3) is 0 Å². The summed E-state index contributed by atoms with van der Waals surface area (Å²) in [5.74, 6) is 1.55. The van der Waals surface area contributed by atoms with Gasteiger partial charge in [0.05, 0.1) is 25.7 Å². The number of hydrogen-bond donors (Lipinski definition) is 2. The van der Waals surface area contributed by atoms with Gasteiger partial charge in [-0.15, -0.1) is 0 Å². The highest BCUT2D eigenvalue weighted by Crippen LogP contribution is 2.20. The highest BCUT2D eigenvalue weighted by Gasteiger charge is 1.98. The summed E-state index contributed by atoms with van der Waals surface area (Å²) in [6, 6.07) is 0. The summed E-state index contributed by atoms with van der Waals surface area (Å²) in [5, 5.41) is 14.3. The molecule has 0 saturated heterocycles. The molecule has 6 heteroatoms. The minimum absolute atomic E-state index is 0.247. The Kier molecular flexibility index (Phi) is 7.08. The Morgan fingerprint density at radius 1 is 1.00 bits per heavy atom. The van der Waals surface area contributed by atoms with Crippen molar-refractivity contribution in [3.63, 3.8) is 0 Å². The highest BCUT2D eigenvalue weighted by molar-refractivity contribution is 8.77. The molecule has 0 rings (SSSR count). The number of rotatable bonds is 5. The Morgan fingerprint density at radius 2 is 1.33 bits per heavy atom. The van der Waals surface area contributed by atoms with E-state index in [0.717, 1.165) is 0 Å². The summed E-state index contributed by atoms with van der Waals surface area (Å²) in [5.41, 5.74) is 0. The first kappa shape index (κ1) is 11.6. The van der Waals surface area contributed by atoms with Crippen molar-refractivity contribution < 1.29 is 9.47 Å². The molecule has 0 amide bonds. The number of nitrogens with one attached hydrogen (secondary N) is 2. The standard InChI is InChI=1S/C6H12N2O2S2/c1-9-5(7)3-11-12-4-6(8)10-2/h7-8H,3-4H2,1-2H3. The van der Waals surface area contributed by atoms with Crippen LogP contribution in [0.2, 0.25) is 0 Å². The van der Waals surface area contributed by atoms with Crippen LogP contribution in [0.1, 0.15) is 0 Å². The molecule has 0 radical (unpaired) electrons. The molecule has 0 fully saturated rings. The van der Waals surface area contributed by atoms with Crippen molar-refractivity contribution in [2.24, 2.45) is 0 Å². The molecule has 0 aromatic carbocycles. The molecule has 0 atom stereocenters. The molecule has 0 unspecified atom stereocenters. The van der Waals surface area contributed by atoms with Crippen molar-refractivity contribution >= 4 is 33.4 Å². The summed E-state index contributed by atoms with van der Waals surface area (Å²) in [4.78, 5) is 0. The lowest BCUT2D eigenvalue weighted by molar-refractivity contribution is 0.397. The zero-order valence-electron chi connectivity index (χ0n) is 7.05. The maximum Gasteiger partial charge on any atom is 0.191 e. The van der Waals surface area contributed by atoms with Crippen molar-refractivity contribution in [3.8, 4) is 0 Å². The van der Waals surface area contributed by atoms with Gasteiger partial charge in [-0.1, -0.05) is 21.6 Å². The van der Waals surface area contributed by atoms with Crippen LogP contribution in [0.4, 0.5) is 0 Å². The maximum absolute atomic E-state index is 7.13. The summed E-state index contributed by atoms with van der Waals surface area (Å²) in [7, 11) is 5.91. The molecule has 0 saturated carbocycles. The zero-order chi connectivity index (χ0) is 9.40. The lowest BCUT2D eigenvalue weighted by Gasteiger charge is -2.02. The maximum atomic E-state index is 7.13. The summed E-state index contributed by atoms with van der Waals surface area (Å²) in [6.07, 6.45) is 0. The summed E-state index contributed by atoms with van der Waals surface area (Å²) in [6.45, 7) is 0. The van der Waals surface area contributed by atoms with Gasteiger partial charge in [-0.05, 0) is 0 Å². The summed E-state index contributed by atoms with van der Waals surface area (Å²) < 4.78 is 9.30. The average molecular weight is 208 g/mol. The normalized spacial score (nSPS) is 9.17. The van der Waals surface area contributed by atoms with Crippen molar-refractivity contribution in [2.45, 2.75) is 0 Å². The van der Waals surface area contributed by atoms with Crippen LogP contribution in [0.5, 0.6) is 0 Å². The Balaban J connectivity index is 3.21. The third-order valence-corrected chi connectivity index (χ3v) is 3.09. The quantitative estimate of drug-likeness (QED) is 0.312. The van der Waals surface area contributed by atoms with Crippen molar-refractivity contribution in [1.29, 1.82) is 10.8 Å². The molecular weight excluding hydrogens is 196 g/mol. The van der Waals surface area contributed by atoms with Crippen molar-refractivity contribution in [2.75, 3.05) is 25.7 Å². The van der Waals surface area contributed by atoms with Crippen LogP contribution in [0.25, 0.3) is 0 Å². The van der Waals surface area contributed by atoms with Crippen LogP contribution in [0.3, 0.4) is 0 Å². The molecule has 0 aliphatic rings. The molecule has 0 heterocycles. The van der Waals surface area contributed by atoms with Crippen LogP contribution in [0, 0.1) is 10.8 Å². The van der Waals surface area contributed by atoms with E-state index in [-0.39, 0.29) is 11.8 Å². The van der Waals surface area contributed by atoms with Gasteiger partial charge in [0, 0.05) is 0 Å². The second-order valence-electron chi connectivity index (χ2n) is 1.78. The fourth-order valence-electron chi connectivity index (χ4n) is 0.308. The zero-order valence-corrected chi connectivity index (χ0v) is 8.68. The molecule has 4 nitrogen and oxygen atoms in total. The van der Waals surface area contributed by atoms with Crippen molar-refractivity contribution in [1.82, 2.24) is 0 Å². The number of methoxy groups -OCH3 is 2. The fourth-order valence-corrected chi connectivity index (χ4v) is 2.07. The van der Waals surface area contributed by atoms with E-state index >= 15 is 0 Å². The molecule has 12 heavy (non-hydrogen) atoms. The predicted molar refractivity (Wildman–Crippen MR) is 54.4 cm³/mol. The molecule has 0 spiro atoms.